The number of nitrogens with zero attached hydrogens (tertiary/aromatic N) is 1. The van der Waals surface area contributed by atoms with E-state index in [2.05, 4.69) is 43.4 Å². The quantitative estimate of drug-likeness (QED) is 0.571. The molecule has 1 aliphatic rings. The standard InChI is InChI=1S/C23H28N2O3/c1-23(2,3)19-8-10-20(11-9-19)28-15-18-13-16(5-12-21(18)27-4)14-24-25-22(26)17-6-7-17/h5,8-14,17H,6-7,15H2,1-4H3,(H,25,26)/b24-14-. The van der Waals surface area contributed by atoms with Gasteiger partial charge < -0.3 is 9.47 Å². The Hall–Kier alpha value is -2.82. The number of ether oxygens (including phenoxy) is 2. The second kappa shape index (κ2) is 8.46. The highest BCUT2D eigenvalue weighted by Crippen LogP contribution is 2.29. The van der Waals surface area contributed by atoms with Gasteiger partial charge in [-0.15, -0.1) is 0 Å². The van der Waals surface area contributed by atoms with Gasteiger partial charge in [0.1, 0.15) is 18.1 Å². The lowest BCUT2D eigenvalue weighted by Gasteiger charge is -2.19. The minimum atomic E-state index is -0.00739. The van der Waals surface area contributed by atoms with Gasteiger partial charge in [0.2, 0.25) is 5.91 Å². The van der Waals surface area contributed by atoms with E-state index in [1.165, 1.54) is 5.56 Å². The van der Waals surface area contributed by atoms with Crippen LogP contribution in [-0.4, -0.2) is 19.2 Å². The average molecular weight is 380 g/mol. The Morgan fingerprint density at radius 3 is 2.50 bits per heavy atom. The minimum absolute atomic E-state index is 0.00739. The van der Waals surface area contributed by atoms with Crippen LogP contribution >= 0.6 is 0 Å². The number of methoxy groups -OCH3 is 1. The monoisotopic (exact) mass is 380 g/mol. The van der Waals surface area contributed by atoms with E-state index in [1.807, 2.05) is 30.3 Å². The van der Waals surface area contributed by atoms with E-state index in [-0.39, 0.29) is 17.2 Å². The van der Waals surface area contributed by atoms with Crippen molar-refractivity contribution in [1.29, 1.82) is 0 Å². The smallest absolute Gasteiger partial charge is 0.243 e. The van der Waals surface area contributed by atoms with Gasteiger partial charge in [-0.2, -0.15) is 5.10 Å². The third-order valence-corrected chi connectivity index (χ3v) is 4.76. The first kappa shape index (κ1) is 19.9. The summed E-state index contributed by atoms with van der Waals surface area (Å²) in [5.74, 6) is 1.70. The van der Waals surface area contributed by atoms with Crippen LogP contribution in [-0.2, 0) is 16.8 Å². The second-order valence-electron chi connectivity index (χ2n) is 8.14. The zero-order valence-electron chi connectivity index (χ0n) is 17.0. The van der Waals surface area contributed by atoms with Crippen molar-refractivity contribution in [1.82, 2.24) is 5.43 Å². The molecular formula is C23H28N2O3. The Bertz CT molecular complexity index is 847. The molecule has 0 unspecified atom stereocenters. The van der Waals surface area contributed by atoms with E-state index in [0.29, 0.717) is 6.61 Å². The van der Waals surface area contributed by atoms with Crippen molar-refractivity contribution in [3.05, 3.63) is 59.2 Å². The molecule has 1 amide bonds. The highest BCUT2D eigenvalue weighted by atomic mass is 16.5. The molecule has 2 aromatic carbocycles. The largest absolute Gasteiger partial charge is 0.496 e. The number of nitrogens with one attached hydrogen (secondary N) is 1. The van der Waals surface area contributed by atoms with Crippen molar-refractivity contribution >= 4 is 12.1 Å². The lowest BCUT2D eigenvalue weighted by Crippen LogP contribution is -2.18. The summed E-state index contributed by atoms with van der Waals surface area (Å²) in [7, 11) is 1.64. The molecule has 0 bridgehead atoms. The normalized spacial score (nSPS) is 14.1. The molecule has 0 aromatic heterocycles. The van der Waals surface area contributed by atoms with E-state index in [1.54, 1.807) is 13.3 Å². The summed E-state index contributed by atoms with van der Waals surface area (Å²) in [6.07, 6.45) is 3.56. The fraction of sp³-hybridized carbons (Fsp3) is 0.391. The Morgan fingerprint density at radius 2 is 1.89 bits per heavy atom. The first-order valence-corrected chi connectivity index (χ1v) is 9.60. The lowest BCUT2D eigenvalue weighted by atomic mass is 9.87. The number of hydrazone groups is 1. The van der Waals surface area contributed by atoms with Crippen LogP contribution < -0.4 is 14.9 Å². The maximum Gasteiger partial charge on any atom is 0.243 e. The van der Waals surface area contributed by atoms with Gasteiger partial charge in [0.25, 0.3) is 0 Å². The summed E-state index contributed by atoms with van der Waals surface area (Å²) in [6.45, 7) is 6.95. The van der Waals surface area contributed by atoms with Gasteiger partial charge in [-0.25, -0.2) is 5.43 Å². The molecule has 148 valence electrons. The SMILES string of the molecule is COc1ccc(/C=N\NC(=O)C2CC2)cc1COc1ccc(C(C)(C)C)cc1. The zero-order chi connectivity index (χ0) is 20.1. The van der Waals surface area contributed by atoms with Crippen LogP contribution in [0, 0.1) is 5.92 Å². The van der Waals surface area contributed by atoms with Gasteiger partial charge in [-0.3, -0.25) is 4.79 Å². The number of carbonyl (C=O) groups excluding carboxylic acids is 1. The molecule has 0 spiro atoms. The number of rotatable bonds is 7. The molecule has 3 rings (SSSR count). The third-order valence-electron chi connectivity index (χ3n) is 4.76. The van der Waals surface area contributed by atoms with E-state index >= 15 is 0 Å². The molecule has 5 nitrogen and oxygen atoms in total. The molecule has 0 heterocycles. The molecule has 5 heteroatoms. The van der Waals surface area contributed by atoms with E-state index in [9.17, 15) is 4.79 Å². The lowest BCUT2D eigenvalue weighted by molar-refractivity contribution is -0.122. The molecular weight excluding hydrogens is 352 g/mol. The van der Waals surface area contributed by atoms with Crippen LogP contribution in [0.2, 0.25) is 0 Å². The van der Waals surface area contributed by atoms with Crippen LogP contribution in [0.4, 0.5) is 0 Å². The third kappa shape index (κ3) is 5.35. The Kier molecular flexibility index (Phi) is 6.02. The molecule has 0 aliphatic heterocycles. The molecule has 1 saturated carbocycles. The minimum Gasteiger partial charge on any atom is -0.496 e. The number of benzene rings is 2. The van der Waals surface area contributed by atoms with Gasteiger partial charge in [0.05, 0.1) is 13.3 Å². The highest BCUT2D eigenvalue weighted by molar-refractivity contribution is 5.84. The topological polar surface area (TPSA) is 59.9 Å². The van der Waals surface area contributed by atoms with Crippen molar-refractivity contribution in [3.8, 4) is 11.5 Å². The van der Waals surface area contributed by atoms with Crippen molar-refractivity contribution in [2.24, 2.45) is 11.0 Å². The van der Waals surface area contributed by atoms with E-state index in [4.69, 9.17) is 9.47 Å². The first-order chi connectivity index (χ1) is 13.4. The van der Waals surface area contributed by atoms with Crippen LogP contribution in [0.25, 0.3) is 0 Å². The molecule has 2 aromatic rings. The molecule has 0 radical (unpaired) electrons. The predicted molar refractivity (Wildman–Crippen MR) is 111 cm³/mol. The summed E-state index contributed by atoms with van der Waals surface area (Å²) in [5.41, 5.74) is 5.76. The van der Waals surface area contributed by atoms with Crippen molar-refractivity contribution in [3.63, 3.8) is 0 Å². The predicted octanol–water partition coefficient (Wildman–Crippen LogP) is 4.43. The summed E-state index contributed by atoms with van der Waals surface area (Å²) in [6, 6.07) is 13.9. The molecule has 0 saturated heterocycles. The average Bonchev–Trinajstić information content (AvgIpc) is 3.51. The molecule has 28 heavy (non-hydrogen) atoms. The molecule has 1 aliphatic carbocycles. The van der Waals surface area contributed by atoms with Gasteiger partial charge in [0, 0.05) is 11.5 Å². The molecule has 1 fully saturated rings. The Balaban J connectivity index is 1.64. The van der Waals surface area contributed by atoms with Gasteiger partial charge in [-0.1, -0.05) is 32.9 Å². The van der Waals surface area contributed by atoms with Gasteiger partial charge >= 0.3 is 0 Å². The van der Waals surface area contributed by atoms with Crippen molar-refractivity contribution in [2.45, 2.75) is 45.6 Å². The van der Waals surface area contributed by atoms with Crippen molar-refractivity contribution in [2.75, 3.05) is 7.11 Å². The van der Waals surface area contributed by atoms with Crippen LogP contribution in [0.3, 0.4) is 0 Å². The fourth-order valence-corrected chi connectivity index (χ4v) is 2.81. The van der Waals surface area contributed by atoms with Crippen LogP contribution in [0.5, 0.6) is 11.5 Å². The van der Waals surface area contributed by atoms with Gasteiger partial charge in [-0.05, 0) is 59.7 Å². The summed E-state index contributed by atoms with van der Waals surface area (Å²) in [5, 5.41) is 4.04. The number of carbonyl (C=O) groups is 1. The Labute approximate surface area is 166 Å². The Morgan fingerprint density at radius 1 is 1.18 bits per heavy atom. The summed E-state index contributed by atoms with van der Waals surface area (Å²) in [4.78, 5) is 11.6. The van der Waals surface area contributed by atoms with Crippen molar-refractivity contribution < 1.29 is 14.3 Å². The van der Waals surface area contributed by atoms with Gasteiger partial charge in [0.15, 0.2) is 0 Å². The summed E-state index contributed by atoms with van der Waals surface area (Å²) < 4.78 is 11.4. The van der Waals surface area contributed by atoms with E-state index in [0.717, 1.165) is 35.5 Å². The van der Waals surface area contributed by atoms with E-state index < -0.39 is 0 Å². The second-order valence-corrected chi connectivity index (χ2v) is 8.14. The fourth-order valence-electron chi connectivity index (χ4n) is 2.81. The maximum absolute atomic E-state index is 11.6. The molecule has 0 atom stereocenters. The van der Waals surface area contributed by atoms with Crippen LogP contribution in [0.1, 0.15) is 50.3 Å². The molecule has 1 N–H and O–H groups in total. The number of hydrogen-bond donors (Lipinski definition) is 1. The first-order valence-electron chi connectivity index (χ1n) is 9.60. The zero-order valence-corrected chi connectivity index (χ0v) is 17.0. The number of amides is 1. The van der Waals surface area contributed by atoms with Crippen LogP contribution in [0.15, 0.2) is 47.6 Å². The highest BCUT2D eigenvalue weighted by Gasteiger charge is 2.29. The maximum atomic E-state index is 11.6. The summed E-state index contributed by atoms with van der Waals surface area (Å²) >= 11 is 0. The number of hydrogen-bond acceptors (Lipinski definition) is 4.